The highest BCUT2D eigenvalue weighted by Gasteiger charge is 2.15. The minimum atomic E-state index is -0.945. The minimum Gasteiger partial charge on any atom is -0.478 e. The lowest BCUT2D eigenvalue weighted by Gasteiger charge is -2.17. The van der Waals surface area contributed by atoms with Crippen molar-refractivity contribution in [3.63, 3.8) is 0 Å². The lowest BCUT2D eigenvalue weighted by Crippen LogP contribution is -2.19. The van der Waals surface area contributed by atoms with Crippen LogP contribution in [-0.4, -0.2) is 30.8 Å². The number of benzene rings is 1. The van der Waals surface area contributed by atoms with Crippen molar-refractivity contribution in [3.05, 3.63) is 28.2 Å². The van der Waals surface area contributed by atoms with Crippen LogP contribution in [0.5, 0.6) is 0 Å². The first-order valence-corrected chi connectivity index (χ1v) is 6.12. The molecule has 0 spiro atoms. The van der Waals surface area contributed by atoms with Crippen LogP contribution in [-0.2, 0) is 4.74 Å². The zero-order valence-corrected chi connectivity index (χ0v) is 11.5. The van der Waals surface area contributed by atoms with Gasteiger partial charge in [0, 0.05) is 24.2 Å². The third-order valence-electron chi connectivity index (χ3n) is 2.38. The number of carboxylic acids is 1. The van der Waals surface area contributed by atoms with Crippen molar-refractivity contribution < 1.29 is 14.6 Å². The van der Waals surface area contributed by atoms with E-state index < -0.39 is 5.97 Å². The first-order chi connectivity index (χ1) is 8.06. The van der Waals surface area contributed by atoms with E-state index in [-0.39, 0.29) is 11.6 Å². The van der Waals surface area contributed by atoms with Crippen LogP contribution in [0, 0.1) is 0 Å². The molecule has 1 atom stereocenters. The van der Waals surface area contributed by atoms with E-state index in [1.165, 1.54) is 0 Å². The van der Waals surface area contributed by atoms with Gasteiger partial charge in [-0.15, -0.1) is 0 Å². The summed E-state index contributed by atoms with van der Waals surface area (Å²) in [6.07, 6.45) is 0.822. The average Bonchev–Trinajstić information content (AvgIpc) is 2.25. The fraction of sp³-hybridized carbons (Fsp3) is 0.417. The summed E-state index contributed by atoms with van der Waals surface area (Å²) in [4.78, 5) is 11.1. The van der Waals surface area contributed by atoms with Gasteiger partial charge >= 0.3 is 5.97 Å². The fourth-order valence-corrected chi connectivity index (χ4v) is 2.03. The number of hydrogen-bond donors (Lipinski definition) is 2. The zero-order chi connectivity index (χ0) is 12.8. The van der Waals surface area contributed by atoms with Crippen LogP contribution >= 0.6 is 15.9 Å². The van der Waals surface area contributed by atoms with Crippen LogP contribution in [0.15, 0.2) is 22.7 Å². The molecular weight excluding hydrogens is 286 g/mol. The van der Waals surface area contributed by atoms with Crippen molar-refractivity contribution in [2.24, 2.45) is 0 Å². The molecule has 1 aromatic rings. The third-order valence-corrected chi connectivity index (χ3v) is 3.05. The first kappa shape index (κ1) is 14.0. The molecule has 0 radical (unpaired) electrons. The molecule has 0 amide bonds. The van der Waals surface area contributed by atoms with Gasteiger partial charge in [0.25, 0.3) is 0 Å². The van der Waals surface area contributed by atoms with E-state index in [2.05, 4.69) is 21.2 Å². The van der Waals surface area contributed by atoms with E-state index in [1.807, 2.05) is 13.0 Å². The van der Waals surface area contributed by atoms with Crippen molar-refractivity contribution in [1.82, 2.24) is 0 Å². The normalized spacial score (nSPS) is 12.2. The number of anilines is 1. The molecule has 0 aliphatic heterocycles. The monoisotopic (exact) mass is 301 g/mol. The largest absolute Gasteiger partial charge is 0.478 e. The predicted molar refractivity (Wildman–Crippen MR) is 70.7 cm³/mol. The van der Waals surface area contributed by atoms with E-state index >= 15 is 0 Å². The van der Waals surface area contributed by atoms with Gasteiger partial charge in [-0.05, 0) is 41.4 Å². The molecule has 94 valence electrons. The Labute approximate surface area is 109 Å². The molecule has 2 N–H and O–H groups in total. The Morgan fingerprint density at radius 2 is 2.29 bits per heavy atom. The average molecular weight is 302 g/mol. The SMILES string of the molecule is COCCC(C)Nc1cccc(Br)c1C(=O)O. The maximum atomic E-state index is 11.1. The molecule has 0 bridgehead atoms. The zero-order valence-electron chi connectivity index (χ0n) is 9.87. The molecule has 0 aliphatic rings. The molecule has 1 aromatic carbocycles. The highest BCUT2D eigenvalue weighted by molar-refractivity contribution is 9.10. The lowest BCUT2D eigenvalue weighted by atomic mass is 10.1. The van der Waals surface area contributed by atoms with Gasteiger partial charge in [-0.2, -0.15) is 0 Å². The van der Waals surface area contributed by atoms with Crippen molar-refractivity contribution in [1.29, 1.82) is 0 Å². The van der Waals surface area contributed by atoms with Crippen molar-refractivity contribution in [2.45, 2.75) is 19.4 Å². The van der Waals surface area contributed by atoms with Gasteiger partial charge in [0.05, 0.1) is 11.3 Å². The van der Waals surface area contributed by atoms with Crippen LogP contribution in [0.3, 0.4) is 0 Å². The molecular formula is C12H16BrNO3. The fourth-order valence-electron chi connectivity index (χ4n) is 1.49. The van der Waals surface area contributed by atoms with E-state index in [0.29, 0.717) is 16.8 Å². The lowest BCUT2D eigenvalue weighted by molar-refractivity contribution is 0.0697. The van der Waals surface area contributed by atoms with E-state index in [9.17, 15) is 4.79 Å². The molecule has 0 saturated heterocycles. The second-order valence-corrected chi connectivity index (χ2v) is 4.65. The molecule has 0 heterocycles. The summed E-state index contributed by atoms with van der Waals surface area (Å²) in [7, 11) is 1.65. The number of ether oxygens (including phenoxy) is 1. The quantitative estimate of drug-likeness (QED) is 0.848. The van der Waals surface area contributed by atoms with Gasteiger partial charge in [-0.25, -0.2) is 4.79 Å². The summed E-state index contributed by atoms with van der Waals surface area (Å²) in [5.74, 6) is -0.945. The van der Waals surface area contributed by atoms with Gasteiger partial charge in [0.1, 0.15) is 0 Å². The topological polar surface area (TPSA) is 58.6 Å². The smallest absolute Gasteiger partial charge is 0.338 e. The number of aromatic carboxylic acids is 1. The highest BCUT2D eigenvalue weighted by Crippen LogP contribution is 2.25. The van der Waals surface area contributed by atoms with Crippen LogP contribution in [0.2, 0.25) is 0 Å². The van der Waals surface area contributed by atoms with Crippen LogP contribution < -0.4 is 5.32 Å². The summed E-state index contributed by atoms with van der Waals surface area (Å²) in [5.41, 5.74) is 0.882. The Hall–Kier alpha value is -1.07. The Morgan fingerprint density at radius 3 is 2.88 bits per heavy atom. The van der Waals surface area contributed by atoms with Crippen LogP contribution in [0.25, 0.3) is 0 Å². The molecule has 0 aromatic heterocycles. The molecule has 0 saturated carbocycles. The molecule has 0 fully saturated rings. The Morgan fingerprint density at radius 1 is 1.59 bits per heavy atom. The number of nitrogens with one attached hydrogen (secondary N) is 1. The highest BCUT2D eigenvalue weighted by atomic mass is 79.9. The van der Waals surface area contributed by atoms with Gasteiger partial charge in [-0.1, -0.05) is 6.07 Å². The van der Waals surface area contributed by atoms with Gasteiger partial charge in [0.2, 0.25) is 0 Å². The summed E-state index contributed by atoms with van der Waals surface area (Å²) >= 11 is 3.24. The second kappa shape index (κ2) is 6.61. The third kappa shape index (κ3) is 4.02. The molecule has 1 unspecified atom stereocenters. The van der Waals surface area contributed by atoms with Crippen molar-refractivity contribution in [3.8, 4) is 0 Å². The number of methoxy groups -OCH3 is 1. The second-order valence-electron chi connectivity index (χ2n) is 3.79. The summed E-state index contributed by atoms with van der Waals surface area (Å²) in [5, 5.41) is 12.3. The van der Waals surface area contributed by atoms with E-state index in [4.69, 9.17) is 9.84 Å². The minimum absolute atomic E-state index is 0.155. The molecule has 1 rings (SSSR count). The van der Waals surface area contributed by atoms with Crippen LogP contribution in [0.1, 0.15) is 23.7 Å². The number of hydrogen-bond acceptors (Lipinski definition) is 3. The maximum Gasteiger partial charge on any atom is 0.338 e. The Balaban J connectivity index is 2.83. The number of carboxylic acid groups (broad SMARTS) is 1. The van der Waals surface area contributed by atoms with Crippen molar-refractivity contribution in [2.75, 3.05) is 19.0 Å². The number of halogens is 1. The first-order valence-electron chi connectivity index (χ1n) is 5.33. The molecule has 5 heteroatoms. The van der Waals surface area contributed by atoms with Crippen LogP contribution in [0.4, 0.5) is 5.69 Å². The summed E-state index contributed by atoms with van der Waals surface area (Å²) in [6.45, 7) is 2.64. The van der Waals surface area contributed by atoms with Crippen molar-refractivity contribution >= 4 is 27.6 Å². The molecule has 17 heavy (non-hydrogen) atoms. The Kier molecular flexibility index (Phi) is 5.44. The maximum absolute atomic E-state index is 11.1. The summed E-state index contributed by atoms with van der Waals surface area (Å²) in [6, 6.07) is 5.44. The summed E-state index contributed by atoms with van der Waals surface area (Å²) < 4.78 is 5.56. The Bertz CT molecular complexity index is 395. The van der Waals surface area contributed by atoms with E-state index in [1.54, 1.807) is 19.2 Å². The number of carbonyl (C=O) groups is 1. The van der Waals surface area contributed by atoms with E-state index in [0.717, 1.165) is 6.42 Å². The van der Waals surface area contributed by atoms with Gasteiger partial charge < -0.3 is 15.2 Å². The standard InChI is InChI=1S/C12H16BrNO3/c1-8(6-7-17-2)14-10-5-3-4-9(13)11(10)12(15)16/h3-5,8,14H,6-7H2,1-2H3,(H,15,16). The number of rotatable bonds is 6. The van der Waals surface area contributed by atoms with Gasteiger partial charge in [0.15, 0.2) is 0 Å². The molecule has 0 aliphatic carbocycles. The molecule has 4 nitrogen and oxygen atoms in total. The van der Waals surface area contributed by atoms with Gasteiger partial charge in [-0.3, -0.25) is 0 Å². The predicted octanol–water partition coefficient (Wildman–Crippen LogP) is 2.98.